The maximum absolute atomic E-state index is 9.30. The van der Waals surface area contributed by atoms with Crippen molar-refractivity contribution in [2.24, 2.45) is 0 Å². The zero-order valence-corrected chi connectivity index (χ0v) is 14.1. The lowest BCUT2D eigenvalue weighted by molar-refractivity contribution is 1.13. The minimum atomic E-state index is 0.625. The number of hydrogen-bond donors (Lipinski definition) is 0. The highest BCUT2D eigenvalue weighted by atomic mass is 127. The largest absolute Gasteiger partial charge is 0.292 e. The third-order valence-corrected chi connectivity index (χ3v) is 4.45. The monoisotopic (exact) mass is 407 g/mol. The fraction of sp³-hybridized carbons (Fsp3) is 0. The van der Waals surface area contributed by atoms with E-state index in [4.69, 9.17) is 0 Å². The van der Waals surface area contributed by atoms with Gasteiger partial charge in [-0.15, -0.1) is 0 Å². The van der Waals surface area contributed by atoms with Gasteiger partial charge in [-0.25, -0.2) is 4.98 Å². The van der Waals surface area contributed by atoms with Crippen LogP contribution in [0.4, 0.5) is 0 Å². The average molecular weight is 407 g/mol. The summed E-state index contributed by atoms with van der Waals surface area (Å²) in [6.45, 7) is 0. The van der Waals surface area contributed by atoms with Crippen molar-refractivity contribution in [1.29, 1.82) is 5.26 Å². The highest BCUT2D eigenvalue weighted by molar-refractivity contribution is 14.1. The van der Waals surface area contributed by atoms with Crippen molar-refractivity contribution < 1.29 is 0 Å². The molecule has 0 unspecified atom stereocenters. The van der Waals surface area contributed by atoms with Gasteiger partial charge in [-0.05, 0) is 42.5 Å². The Morgan fingerprint density at radius 2 is 1.91 bits per heavy atom. The number of rotatable bonds is 2. The summed E-state index contributed by atoms with van der Waals surface area (Å²) in [6.07, 6.45) is 3.56. The Kier molecular flexibility index (Phi) is 3.50. The molecule has 0 amide bonds. The molecule has 0 aliphatic carbocycles. The molecule has 0 aliphatic heterocycles. The van der Waals surface area contributed by atoms with Crippen LogP contribution in [0.3, 0.4) is 0 Å². The quantitative estimate of drug-likeness (QED) is 0.379. The van der Waals surface area contributed by atoms with Crippen LogP contribution in [0.2, 0.25) is 0 Å². The van der Waals surface area contributed by atoms with Crippen molar-refractivity contribution in [2.75, 3.05) is 0 Å². The molecule has 0 spiro atoms. The van der Waals surface area contributed by atoms with Crippen LogP contribution < -0.4 is 5.46 Å². The van der Waals surface area contributed by atoms with Gasteiger partial charge in [-0.1, -0.05) is 5.46 Å². The van der Waals surface area contributed by atoms with Crippen LogP contribution in [0.25, 0.3) is 27.8 Å². The first-order chi connectivity index (χ1) is 11.3. The second-order valence-corrected chi connectivity index (χ2v) is 5.74. The van der Waals surface area contributed by atoms with Gasteiger partial charge in [0.2, 0.25) is 5.14 Å². The summed E-state index contributed by atoms with van der Waals surface area (Å²) in [5.74, 6) is 0. The molecule has 3 aromatic heterocycles. The summed E-state index contributed by atoms with van der Waals surface area (Å²) in [5.41, 5.74) is 5.28. The molecule has 3 heterocycles. The molecule has 6 heteroatoms. The first-order valence-electron chi connectivity index (χ1n) is 7.01. The third-order valence-electron chi connectivity index (χ3n) is 3.73. The SMILES string of the molecule is N#Cc1cc([B]I)cc(-n2c3cccnc3c3cccnc32)c1. The molecule has 107 valence electrons. The molecule has 4 nitrogen and oxygen atoms in total. The molecule has 1 radical (unpaired) electrons. The molecule has 0 N–H and O–H groups in total. The van der Waals surface area contributed by atoms with Crippen molar-refractivity contribution in [3.8, 4) is 11.8 Å². The number of benzene rings is 1. The zero-order chi connectivity index (χ0) is 15.8. The van der Waals surface area contributed by atoms with E-state index in [1.807, 2.05) is 47.6 Å². The van der Waals surface area contributed by atoms with E-state index in [-0.39, 0.29) is 0 Å². The fourth-order valence-electron chi connectivity index (χ4n) is 2.81. The number of nitrogens with zero attached hydrogens (tertiary/aromatic N) is 4. The highest BCUT2D eigenvalue weighted by Gasteiger charge is 2.14. The summed E-state index contributed by atoms with van der Waals surface area (Å²) in [6, 6.07) is 15.9. The first kappa shape index (κ1) is 14.2. The smallest absolute Gasteiger partial charge is 0.237 e. The van der Waals surface area contributed by atoms with Crippen molar-refractivity contribution in [3.05, 3.63) is 60.4 Å². The van der Waals surface area contributed by atoms with E-state index >= 15 is 0 Å². The summed E-state index contributed by atoms with van der Waals surface area (Å²) in [7, 11) is 0. The molecule has 4 rings (SSSR count). The van der Waals surface area contributed by atoms with E-state index in [2.05, 4.69) is 43.0 Å². The van der Waals surface area contributed by atoms with Crippen LogP contribution in [0.15, 0.2) is 54.9 Å². The molecule has 0 atom stereocenters. The number of fused-ring (bicyclic) bond motifs is 3. The lowest BCUT2D eigenvalue weighted by Gasteiger charge is -2.09. The predicted molar refractivity (Wildman–Crippen MR) is 100 cm³/mol. The van der Waals surface area contributed by atoms with Gasteiger partial charge in [0.1, 0.15) is 5.65 Å². The van der Waals surface area contributed by atoms with E-state index in [1.54, 1.807) is 12.4 Å². The number of nitriles is 1. The lowest BCUT2D eigenvalue weighted by Crippen LogP contribution is -2.11. The molecular weight excluding hydrogens is 398 g/mol. The summed E-state index contributed by atoms with van der Waals surface area (Å²) in [4.78, 5) is 9.04. The molecule has 0 saturated carbocycles. The van der Waals surface area contributed by atoms with Crippen molar-refractivity contribution in [1.82, 2.24) is 14.5 Å². The molecule has 1 aromatic carbocycles. The van der Waals surface area contributed by atoms with E-state index in [9.17, 15) is 5.26 Å². The maximum Gasteiger partial charge on any atom is 0.237 e. The van der Waals surface area contributed by atoms with Crippen LogP contribution in [0.5, 0.6) is 0 Å². The average Bonchev–Trinajstić information content (AvgIpc) is 2.96. The van der Waals surface area contributed by atoms with E-state index < -0.39 is 0 Å². The molecule has 4 aromatic rings. The van der Waals surface area contributed by atoms with Crippen LogP contribution in [0.1, 0.15) is 5.56 Å². The maximum atomic E-state index is 9.30. The minimum absolute atomic E-state index is 0.625. The summed E-state index contributed by atoms with van der Waals surface area (Å²) >= 11 is 2.19. The molecular formula is C17H9BIN4. The van der Waals surface area contributed by atoms with Gasteiger partial charge in [0.05, 0.1) is 22.7 Å². The summed E-state index contributed by atoms with van der Waals surface area (Å²) in [5, 5.41) is 12.3. The van der Waals surface area contributed by atoms with Gasteiger partial charge >= 0.3 is 0 Å². The number of halogens is 1. The highest BCUT2D eigenvalue weighted by Crippen LogP contribution is 2.28. The van der Waals surface area contributed by atoms with Crippen molar-refractivity contribution in [3.63, 3.8) is 0 Å². The molecule has 0 bridgehead atoms. The van der Waals surface area contributed by atoms with Crippen LogP contribution in [0, 0.1) is 11.3 Å². The van der Waals surface area contributed by atoms with Crippen molar-refractivity contribution in [2.45, 2.75) is 0 Å². The van der Waals surface area contributed by atoms with Gasteiger partial charge in [0.15, 0.2) is 0 Å². The Hall–Kier alpha value is -2.40. The normalized spacial score (nSPS) is 10.8. The fourth-order valence-corrected chi connectivity index (χ4v) is 3.17. The predicted octanol–water partition coefficient (Wildman–Crippen LogP) is 3.12. The number of hydrogen-bond acceptors (Lipinski definition) is 3. The van der Waals surface area contributed by atoms with Crippen LogP contribution in [-0.2, 0) is 0 Å². The Labute approximate surface area is 146 Å². The Morgan fingerprint density at radius 3 is 2.74 bits per heavy atom. The van der Waals surface area contributed by atoms with E-state index in [0.717, 1.165) is 33.2 Å². The summed E-state index contributed by atoms with van der Waals surface area (Å²) < 4.78 is 2.06. The van der Waals surface area contributed by atoms with Crippen LogP contribution in [-0.4, -0.2) is 19.7 Å². The lowest BCUT2D eigenvalue weighted by atomic mass is 9.93. The second-order valence-electron chi connectivity index (χ2n) is 5.12. The molecule has 0 aliphatic rings. The third kappa shape index (κ3) is 2.28. The molecule has 0 saturated heterocycles. The van der Waals surface area contributed by atoms with Gasteiger partial charge in [-0.3, -0.25) is 9.55 Å². The topological polar surface area (TPSA) is 54.5 Å². The zero-order valence-electron chi connectivity index (χ0n) is 11.9. The van der Waals surface area contributed by atoms with Crippen LogP contribution >= 0.6 is 22.4 Å². The van der Waals surface area contributed by atoms with E-state index in [0.29, 0.717) is 5.56 Å². The Bertz CT molecular complexity index is 1030. The second kappa shape index (κ2) is 5.67. The first-order valence-corrected chi connectivity index (χ1v) is 8.25. The Balaban J connectivity index is 2.15. The van der Waals surface area contributed by atoms with Gasteiger partial charge in [0.25, 0.3) is 0 Å². The molecule has 0 fully saturated rings. The van der Waals surface area contributed by atoms with Gasteiger partial charge in [-0.2, -0.15) is 27.6 Å². The van der Waals surface area contributed by atoms with E-state index in [1.165, 1.54) is 0 Å². The minimum Gasteiger partial charge on any atom is -0.292 e. The standard InChI is InChI=1S/C17H9BIN4/c19-18-12-7-11(10-20)8-13(9-12)23-15-4-2-5-21-16(15)14-3-1-6-22-17(14)23/h1-9H. The van der Waals surface area contributed by atoms with Crippen molar-refractivity contribution >= 4 is 55.0 Å². The number of pyridine rings is 2. The van der Waals surface area contributed by atoms with Gasteiger partial charge < -0.3 is 0 Å². The Morgan fingerprint density at radius 1 is 1.09 bits per heavy atom. The van der Waals surface area contributed by atoms with Gasteiger partial charge in [0, 0.05) is 23.5 Å². The number of aromatic nitrogens is 3. The molecule has 23 heavy (non-hydrogen) atoms.